The van der Waals surface area contributed by atoms with Crippen molar-refractivity contribution in [3.05, 3.63) is 59.7 Å². The van der Waals surface area contributed by atoms with Crippen LogP contribution in [0.25, 0.3) is 0 Å². The van der Waals surface area contributed by atoms with Crippen molar-refractivity contribution < 1.29 is 27.8 Å². The molecule has 0 heterocycles. The molecule has 7 heteroatoms. The average molecular weight is 377 g/mol. The summed E-state index contributed by atoms with van der Waals surface area (Å²) in [6.07, 6.45) is -1.21. The summed E-state index contributed by atoms with van der Waals surface area (Å²) in [5.41, 5.74) is -0.111. The number of ether oxygens (including phenoxy) is 2. The van der Waals surface area contributed by atoms with E-state index in [1.54, 1.807) is 12.1 Å². The largest absolute Gasteiger partial charge is 0.493 e. The van der Waals surface area contributed by atoms with Gasteiger partial charge in [-0.15, -0.1) is 0 Å². The molecule has 144 valence electrons. The lowest BCUT2D eigenvalue weighted by Crippen LogP contribution is -2.30. The van der Waals surface area contributed by atoms with Crippen LogP contribution in [0.15, 0.2) is 42.5 Å². The maximum absolute atomic E-state index is 13.6. The van der Waals surface area contributed by atoms with Gasteiger partial charge in [-0.1, -0.05) is 19.9 Å². The zero-order valence-corrected chi connectivity index (χ0v) is 15.3. The van der Waals surface area contributed by atoms with Crippen LogP contribution in [0.1, 0.15) is 31.1 Å². The fraction of sp³-hybridized carbons (Fsp3) is 0.300. The van der Waals surface area contributed by atoms with Gasteiger partial charge < -0.3 is 14.8 Å². The maximum Gasteiger partial charge on any atom is 0.339 e. The monoisotopic (exact) mass is 377 g/mol. The van der Waals surface area contributed by atoms with Gasteiger partial charge in [-0.3, -0.25) is 4.79 Å². The Morgan fingerprint density at radius 2 is 1.81 bits per heavy atom. The van der Waals surface area contributed by atoms with Gasteiger partial charge in [0.25, 0.3) is 5.91 Å². The number of carbonyl (C=O) groups is 2. The van der Waals surface area contributed by atoms with Crippen molar-refractivity contribution in [2.75, 3.05) is 11.9 Å². The summed E-state index contributed by atoms with van der Waals surface area (Å²) in [5.74, 6) is -2.16. The van der Waals surface area contributed by atoms with E-state index in [9.17, 15) is 18.4 Å². The molecule has 2 aromatic carbocycles. The first-order valence-corrected chi connectivity index (χ1v) is 8.46. The molecule has 0 aliphatic rings. The van der Waals surface area contributed by atoms with Gasteiger partial charge in [-0.05, 0) is 43.2 Å². The molecule has 2 rings (SSSR count). The smallest absolute Gasteiger partial charge is 0.339 e. The van der Waals surface area contributed by atoms with Crippen LogP contribution >= 0.6 is 0 Å². The topological polar surface area (TPSA) is 64.6 Å². The molecule has 0 fully saturated rings. The lowest BCUT2D eigenvalue weighted by molar-refractivity contribution is -0.123. The van der Waals surface area contributed by atoms with E-state index in [0.29, 0.717) is 18.3 Å². The summed E-state index contributed by atoms with van der Waals surface area (Å²) in [4.78, 5) is 24.3. The van der Waals surface area contributed by atoms with Gasteiger partial charge in [0.1, 0.15) is 17.4 Å². The fourth-order valence-corrected chi connectivity index (χ4v) is 2.09. The molecule has 27 heavy (non-hydrogen) atoms. The highest BCUT2D eigenvalue weighted by atomic mass is 19.1. The highest BCUT2D eigenvalue weighted by Crippen LogP contribution is 2.18. The molecular formula is C20H21F2NO4. The Morgan fingerprint density at radius 1 is 1.07 bits per heavy atom. The van der Waals surface area contributed by atoms with E-state index >= 15 is 0 Å². The molecule has 0 bridgehead atoms. The zero-order chi connectivity index (χ0) is 20.0. The summed E-state index contributed by atoms with van der Waals surface area (Å²) < 4.78 is 37.4. The number of benzene rings is 2. The minimum atomic E-state index is -1.21. The first-order chi connectivity index (χ1) is 12.8. The second kappa shape index (κ2) is 9.12. The van der Waals surface area contributed by atoms with E-state index in [2.05, 4.69) is 5.32 Å². The number of amides is 1. The molecular weight excluding hydrogens is 356 g/mol. The van der Waals surface area contributed by atoms with Gasteiger partial charge in [0, 0.05) is 6.07 Å². The Kier molecular flexibility index (Phi) is 6.87. The van der Waals surface area contributed by atoms with Crippen LogP contribution in [0.4, 0.5) is 14.5 Å². The lowest BCUT2D eigenvalue weighted by Gasteiger charge is -2.14. The van der Waals surface area contributed by atoms with Crippen LogP contribution in [-0.4, -0.2) is 24.6 Å². The van der Waals surface area contributed by atoms with Crippen molar-refractivity contribution in [1.82, 2.24) is 0 Å². The van der Waals surface area contributed by atoms with Crippen LogP contribution in [0, 0.1) is 17.6 Å². The van der Waals surface area contributed by atoms with E-state index in [4.69, 9.17) is 9.47 Å². The van der Waals surface area contributed by atoms with Gasteiger partial charge in [-0.25, -0.2) is 13.6 Å². The zero-order valence-electron chi connectivity index (χ0n) is 15.3. The predicted octanol–water partition coefficient (Wildman–Crippen LogP) is 4.18. The van der Waals surface area contributed by atoms with Gasteiger partial charge in [0.15, 0.2) is 6.10 Å². The van der Waals surface area contributed by atoms with Crippen LogP contribution in [0.5, 0.6) is 5.75 Å². The van der Waals surface area contributed by atoms with Gasteiger partial charge in [-0.2, -0.15) is 0 Å². The van der Waals surface area contributed by atoms with Gasteiger partial charge in [0.2, 0.25) is 0 Å². The Balaban J connectivity index is 1.99. The lowest BCUT2D eigenvalue weighted by atomic mass is 10.2. The molecule has 5 nitrogen and oxygen atoms in total. The summed E-state index contributed by atoms with van der Waals surface area (Å²) in [5, 5.41) is 2.20. The molecule has 0 unspecified atom stereocenters. The molecule has 1 N–H and O–H groups in total. The first-order valence-electron chi connectivity index (χ1n) is 8.46. The molecule has 1 amide bonds. The van der Waals surface area contributed by atoms with E-state index in [1.807, 2.05) is 13.8 Å². The molecule has 0 aliphatic carbocycles. The number of hydrogen-bond acceptors (Lipinski definition) is 4. The predicted molar refractivity (Wildman–Crippen MR) is 96.6 cm³/mol. The van der Waals surface area contributed by atoms with Crippen molar-refractivity contribution >= 4 is 17.6 Å². The summed E-state index contributed by atoms with van der Waals surface area (Å²) >= 11 is 0. The van der Waals surface area contributed by atoms with Crippen molar-refractivity contribution in [3.63, 3.8) is 0 Å². The Labute approximate surface area is 156 Å². The Bertz CT molecular complexity index is 823. The number of hydrogen-bond donors (Lipinski definition) is 1. The quantitative estimate of drug-likeness (QED) is 0.735. The standard InChI is InChI=1S/C20H21F2NO4/c1-12(2)11-26-16-6-4-5-14(9-16)20(25)27-13(3)19(24)23-18-10-15(21)7-8-17(18)22/h4-10,12-13H,11H2,1-3H3,(H,23,24)/t13-/m0/s1. The number of nitrogens with one attached hydrogen (secondary N) is 1. The molecule has 2 aromatic rings. The third kappa shape index (κ3) is 6.06. The molecule has 0 radical (unpaired) electrons. The number of esters is 1. The SMILES string of the molecule is CC(C)COc1cccc(C(=O)O[C@@H](C)C(=O)Nc2cc(F)ccc2F)c1. The van der Waals surface area contributed by atoms with Gasteiger partial charge >= 0.3 is 5.97 Å². The van der Waals surface area contributed by atoms with E-state index in [-0.39, 0.29) is 11.3 Å². The molecule has 0 aromatic heterocycles. The van der Waals surface area contributed by atoms with Crippen LogP contribution in [0.2, 0.25) is 0 Å². The fourth-order valence-electron chi connectivity index (χ4n) is 2.09. The second-order valence-corrected chi connectivity index (χ2v) is 6.39. The summed E-state index contributed by atoms with van der Waals surface area (Å²) in [6, 6.07) is 9.06. The van der Waals surface area contributed by atoms with Gasteiger partial charge in [0.05, 0.1) is 17.9 Å². The number of anilines is 1. The molecule has 1 atom stereocenters. The molecule has 0 saturated heterocycles. The van der Waals surface area contributed by atoms with E-state index < -0.39 is 29.6 Å². The van der Waals surface area contributed by atoms with Crippen LogP contribution < -0.4 is 10.1 Å². The molecule has 0 aliphatic heterocycles. The second-order valence-electron chi connectivity index (χ2n) is 6.39. The Hall–Kier alpha value is -2.96. The van der Waals surface area contributed by atoms with Crippen molar-refractivity contribution in [3.8, 4) is 5.75 Å². The molecule has 0 spiro atoms. The average Bonchev–Trinajstić information content (AvgIpc) is 2.63. The highest BCUT2D eigenvalue weighted by molar-refractivity contribution is 5.97. The normalized spacial score (nSPS) is 11.8. The van der Waals surface area contributed by atoms with Crippen molar-refractivity contribution in [1.29, 1.82) is 0 Å². The third-order valence-electron chi connectivity index (χ3n) is 3.49. The van der Waals surface area contributed by atoms with Crippen LogP contribution in [-0.2, 0) is 9.53 Å². The maximum atomic E-state index is 13.6. The highest BCUT2D eigenvalue weighted by Gasteiger charge is 2.20. The minimum absolute atomic E-state index is 0.216. The summed E-state index contributed by atoms with van der Waals surface area (Å²) in [6.45, 7) is 5.83. The molecule has 0 saturated carbocycles. The Morgan fingerprint density at radius 3 is 2.52 bits per heavy atom. The van der Waals surface area contributed by atoms with Crippen molar-refractivity contribution in [2.24, 2.45) is 5.92 Å². The van der Waals surface area contributed by atoms with E-state index in [1.165, 1.54) is 19.1 Å². The summed E-state index contributed by atoms with van der Waals surface area (Å²) in [7, 11) is 0. The number of halogens is 2. The first kappa shape index (κ1) is 20.4. The van der Waals surface area contributed by atoms with Crippen molar-refractivity contribution in [2.45, 2.75) is 26.9 Å². The minimum Gasteiger partial charge on any atom is -0.493 e. The number of rotatable bonds is 7. The van der Waals surface area contributed by atoms with Crippen LogP contribution in [0.3, 0.4) is 0 Å². The third-order valence-corrected chi connectivity index (χ3v) is 3.49. The van der Waals surface area contributed by atoms with E-state index in [0.717, 1.165) is 18.2 Å². The number of carbonyl (C=O) groups excluding carboxylic acids is 2.